The fourth-order valence-corrected chi connectivity index (χ4v) is 1.65. The van der Waals surface area contributed by atoms with Crippen molar-refractivity contribution in [3.63, 3.8) is 0 Å². The predicted octanol–water partition coefficient (Wildman–Crippen LogP) is 2.26. The lowest BCUT2D eigenvalue weighted by Gasteiger charge is -2.12. The molecule has 1 aliphatic rings. The fourth-order valence-electron chi connectivity index (χ4n) is 1.65. The van der Waals surface area contributed by atoms with Gasteiger partial charge in [-0.25, -0.2) is 0 Å². The van der Waals surface area contributed by atoms with E-state index in [1.54, 1.807) is 0 Å². The standard InChI is InChI=1S/C12H17NO2/c1-2-10(13)9-4-5-11-12(8-9)15-7-3-6-14-11/h4-5,8,10H,2-3,6-7,13H2,1H3/t10-/m0/s1. The van der Waals surface area contributed by atoms with E-state index in [1.165, 1.54) is 0 Å². The van der Waals surface area contributed by atoms with Gasteiger partial charge < -0.3 is 15.2 Å². The Labute approximate surface area is 90.2 Å². The number of ether oxygens (including phenoxy) is 2. The molecule has 3 nitrogen and oxygen atoms in total. The molecule has 0 bridgehead atoms. The van der Waals surface area contributed by atoms with Crippen LogP contribution >= 0.6 is 0 Å². The first kappa shape index (κ1) is 10.3. The van der Waals surface area contributed by atoms with Crippen LogP contribution < -0.4 is 15.2 Å². The largest absolute Gasteiger partial charge is 0.490 e. The van der Waals surface area contributed by atoms with Gasteiger partial charge in [0, 0.05) is 12.5 Å². The minimum absolute atomic E-state index is 0.0853. The second kappa shape index (κ2) is 4.53. The normalized spacial score (nSPS) is 16.9. The number of rotatable bonds is 2. The molecule has 2 N–H and O–H groups in total. The molecule has 0 saturated carbocycles. The van der Waals surface area contributed by atoms with E-state index in [0.717, 1.165) is 43.1 Å². The lowest BCUT2D eigenvalue weighted by molar-refractivity contribution is 0.297. The molecule has 1 aliphatic heterocycles. The summed E-state index contributed by atoms with van der Waals surface area (Å²) in [6, 6.07) is 6.05. The van der Waals surface area contributed by atoms with Crippen molar-refractivity contribution >= 4 is 0 Å². The molecule has 0 aliphatic carbocycles. The molecule has 0 aromatic heterocycles. The molecule has 1 heterocycles. The number of nitrogens with two attached hydrogens (primary N) is 1. The first-order valence-corrected chi connectivity index (χ1v) is 5.46. The van der Waals surface area contributed by atoms with Gasteiger partial charge in [0.1, 0.15) is 0 Å². The third kappa shape index (κ3) is 2.23. The van der Waals surface area contributed by atoms with Gasteiger partial charge in [0.25, 0.3) is 0 Å². The Morgan fingerprint density at radius 1 is 1.27 bits per heavy atom. The van der Waals surface area contributed by atoms with Gasteiger partial charge in [0.15, 0.2) is 11.5 Å². The van der Waals surface area contributed by atoms with Gasteiger partial charge in [-0.1, -0.05) is 13.0 Å². The molecular formula is C12H17NO2. The number of hydrogen-bond donors (Lipinski definition) is 1. The Balaban J connectivity index is 2.27. The predicted molar refractivity (Wildman–Crippen MR) is 59.3 cm³/mol. The van der Waals surface area contributed by atoms with Gasteiger partial charge in [-0.2, -0.15) is 0 Å². The first-order valence-electron chi connectivity index (χ1n) is 5.46. The molecule has 15 heavy (non-hydrogen) atoms. The Kier molecular flexibility index (Phi) is 3.11. The highest BCUT2D eigenvalue weighted by Crippen LogP contribution is 2.32. The number of benzene rings is 1. The SMILES string of the molecule is CC[C@H](N)c1ccc2c(c1)OCCCO2. The van der Waals surface area contributed by atoms with Crippen molar-refractivity contribution in [3.8, 4) is 11.5 Å². The fraction of sp³-hybridized carbons (Fsp3) is 0.500. The summed E-state index contributed by atoms with van der Waals surface area (Å²) in [4.78, 5) is 0. The topological polar surface area (TPSA) is 44.5 Å². The van der Waals surface area contributed by atoms with Crippen molar-refractivity contribution in [2.75, 3.05) is 13.2 Å². The lowest BCUT2D eigenvalue weighted by atomic mass is 10.1. The minimum Gasteiger partial charge on any atom is -0.490 e. The van der Waals surface area contributed by atoms with Crippen molar-refractivity contribution < 1.29 is 9.47 Å². The Bertz CT molecular complexity index is 338. The van der Waals surface area contributed by atoms with Gasteiger partial charge in [-0.15, -0.1) is 0 Å². The van der Waals surface area contributed by atoms with Gasteiger partial charge in [-0.3, -0.25) is 0 Å². The quantitative estimate of drug-likeness (QED) is 0.809. The second-order valence-corrected chi connectivity index (χ2v) is 3.77. The van der Waals surface area contributed by atoms with Crippen LogP contribution in [0.2, 0.25) is 0 Å². The molecular weight excluding hydrogens is 190 g/mol. The smallest absolute Gasteiger partial charge is 0.161 e. The van der Waals surface area contributed by atoms with E-state index < -0.39 is 0 Å². The maximum atomic E-state index is 5.97. The average molecular weight is 207 g/mol. The molecule has 0 spiro atoms. The zero-order valence-electron chi connectivity index (χ0n) is 9.03. The molecule has 0 fully saturated rings. The Hall–Kier alpha value is -1.22. The molecule has 0 radical (unpaired) electrons. The van der Waals surface area contributed by atoms with E-state index in [1.807, 2.05) is 18.2 Å². The molecule has 1 aromatic rings. The molecule has 3 heteroatoms. The number of fused-ring (bicyclic) bond motifs is 1. The average Bonchev–Trinajstić information content (AvgIpc) is 2.51. The number of hydrogen-bond acceptors (Lipinski definition) is 3. The van der Waals surface area contributed by atoms with Crippen molar-refractivity contribution in [2.45, 2.75) is 25.8 Å². The van der Waals surface area contributed by atoms with Crippen molar-refractivity contribution in [1.29, 1.82) is 0 Å². The maximum Gasteiger partial charge on any atom is 0.161 e. The van der Waals surface area contributed by atoms with Crippen molar-refractivity contribution in [3.05, 3.63) is 23.8 Å². The zero-order chi connectivity index (χ0) is 10.7. The third-order valence-corrected chi connectivity index (χ3v) is 2.64. The van der Waals surface area contributed by atoms with Crippen LogP contribution in [-0.4, -0.2) is 13.2 Å². The molecule has 2 rings (SSSR count). The van der Waals surface area contributed by atoms with Crippen LogP contribution in [-0.2, 0) is 0 Å². The van der Waals surface area contributed by atoms with Gasteiger partial charge in [0.2, 0.25) is 0 Å². The summed E-state index contributed by atoms with van der Waals surface area (Å²) in [6.45, 7) is 3.53. The Morgan fingerprint density at radius 3 is 2.73 bits per heavy atom. The molecule has 0 saturated heterocycles. The first-order chi connectivity index (χ1) is 7.31. The summed E-state index contributed by atoms with van der Waals surface area (Å²) in [7, 11) is 0. The second-order valence-electron chi connectivity index (χ2n) is 3.77. The summed E-state index contributed by atoms with van der Waals surface area (Å²) in [5.74, 6) is 1.66. The van der Waals surface area contributed by atoms with Crippen LogP contribution in [0.25, 0.3) is 0 Å². The van der Waals surface area contributed by atoms with Gasteiger partial charge >= 0.3 is 0 Å². The van der Waals surface area contributed by atoms with Gasteiger partial charge in [-0.05, 0) is 24.1 Å². The minimum atomic E-state index is 0.0853. The monoisotopic (exact) mass is 207 g/mol. The van der Waals surface area contributed by atoms with E-state index in [4.69, 9.17) is 15.2 Å². The van der Waals surface area contributed by atoms with Gasteiger partial charge in [0.05, 0.1) is 13.2 Å². The van der Waals surface area contributed by atoms with E-state index in [0.29, 0.717) is 0 Å². The lowest BCUT2D eigenvalue weighted by Crippen LogP contribution is -2.08. The van der Waals surface area contributed by atoms with Crippen LogP contribution in [0, 0.1) is 0 Å². The highest BCUT2D eigenvalue weighted by molar-refractivity contribution is 5.44. The van der Waals surface area contributed by atoms with E-state index in [-0.39, 0.29) is 6.04 Å². The summed E-state index contributed by atoms with van der Waals surface area (Å²) < 4.78 is 11.2. The van der Waals surface area contributed by atoms with Crippen molar-refractivity contribution in [2.24, 2.45) is 5.73 Å². The highest BCUT2D eigenvalue weighted by Gasteiger charge is 2.12. The van der Waals surface area contributed by atoms with Crippen LogP contribution in [0.1, 0.15) is 31.4 Å². The summed E-state index contributed by atoms with van der Waals surface area (Å²) in [5.41, 5.74) is 7.08. The van der Waals surface area contributed by atoms with E-state index in [2.05, 4.69) is 6.92 Å². The maximum absolute atomic E-state index is 5.97. The van der Waals surface area contributed by atoms with Crippen molar-refractivity contribution in [1.82, 2.24) is 0 Å². The third-order valence-electron chi connectivity index (χ3n) is 2.64. The van der Waals surface area contributed by atoms with Crippen LogP contribution in [0.5, 0.6) is 11.5 Å². The molecule has 82 valence electrons. The Morgan fingerprint density at radius 2 is 2.00 bits per heavy atom. The van der Waals surface area contributed by atoms with Crippen LogP contribution in [0.15, 0.2) is 18.2 Å². The van der Waals surface area contributed by atoms with E-state index >= 15 is 0 Å². The van der Waals surface area contributed by atoms with Crippen LogP contribution in [0.3, 0.4) is 0 Å². The summed E-state index contributed by atoms with van der Waals surface area (Å²) in [6.07, 6.45) is 1.86. The summed E-state index contributed by atoms with van der Waals surface area (Å²) >= 11 is 0. The van der Waals surface area contributed by atoms with E-state index in [9.17, 15) is 0 Å². The summed E-state index contributed by atoms with van der Waals surface area (Å²) in [5, 5.41) is 0. The molecule has 0 unspecified atom stereocenters. The molecule has 1 aromatic carbocycles. The highest BCUT2D eigenvalue weighted by atomic mass is 16.5. The van der Waals surface area contributed by atoms with Crippen LogP contribution in [0.4, 0.5) is 0 Å². The molecule has 1 atom stereocenters. The zero-order valence-corrected chi connectivity index (χ0v) is 9.03. The molecule has 0 amide bonds.